The van der Waals surface area contributed by atoms with Crippen LogP contribution >= 0.6 is 0 Å². The molecule has 0 aliphatic carbocycles. The first kappa shape index (κ1) is 12.7. The summed E-state index contributed by atoms with van der Waals surface area (Å²) in [5, 5.41) is 21.6. The maximum absolute atomic E-state index is 11.1. The van der Waals surface area contributed by atoms with Crippen LogP contribution in [0.15, 0.2) is 24.4 Å². The molecule has 0 bridgehead atoms. The number of carbonyl (C=O) groups is 2. The summed E-state index contributed by atoms with van der Waals surface area (Å²) in [7, 11) is 0. The molecule has 0 aromatic heterocycles. The molecule has 0 spiro atoms. The molecule has 6 nitrogen and oxygen atoms in total. The maximum atomic E-state index is 11.1. The Bertz CT molecular complexity index is 328. The van der Waals surface area contributed by atoms with Crippen molar-refractivity contribution in [1.29, 1.82) is 5.26 Å². The van der Waals surface area contributed by atoms with Gasteiger partial charge in [-0.25, -0.2) is 0 Å². The Kier molecular flexibility index (Phi) is 6.06. The molecule has 0 radical (unpaired) electrons. The average molecular weight is 209 g/mol. The summed E-state index contributed by atoms with van der Waals surface area (Å²) < 4.78 is 0. The van der Waals surface area contributed by atoms with Gasteiger partial charge in [-0.05, 0) is 0 Å². The second-order valence-electron chi connectivity index (χ2n) is 2.44. The fourth-order valence-corrected chi connectivity index (χ4v) is 0.644. The summed E-state index contributed by atoms with van der Waals surface area (Å²) in [4.78, 5) is 21.3. The van der Waals surface area contributed by atoms with E-state index in [4.69, 9.17) is 10.4 Å². The van der Waals surface area contributed by atoms with E-state index in [2.05, 4.69) is 17.2 Å². The van der Waals surface area contributed by atoms with Crippen molar-refractivity contribution in [2.24, 2.45) is 0 Å². The lowest BCUT2D eigenvalue weighted by atomic mass is 10.3. The van der Waals surface area contributed by atoms with Crippen LogP contribution in [0.1, 0.15) is 0 Å². The minimum absolute atomic E-state index is 0.182. The first-order valence-electron chi connectivity index (χ1n) is 4.06. The van der Waals surface area contributed by atoms with Crippen molar-refractivity contribution in [2.45, 2.75) is 0 Å². The minimum atomic E-state index is -1.17. The van der Waals surface area contributed by atoms with Gasteiger partial charge in [0, 0.05) is 12.7 Å². The zero-order valence-corrected chi connectivity index (χ0v) is 7.99. The van der Waals surface area contributed by atoms with Crippen molar-refractivity contribution in [1.82, 2.24) is 10.6 Å². The highest BCUT2D eigenvalue weighted by Crippen LogP contribution is 1.89. The summed E-state index contributed by atoms with van der Waals surface area (Å²) in [5.74, 6) is -1.89. The van der Waals surface area contributed by atoms with Gasteiger partial charge in [-0.2, -0.15) is 5.26 Å². The number of hydrogen-bond acceptors (Lipinski definition) is 4. The molecule has 0 aliphatic heterocycles. The number of aliphatic carboxylic acids is 1. The highest BCUT2D eigenvalue weighted by molar-refractivity contribution is 5.98. The molecule has 0 saturated heterocycles. The number of amides is 1. The Morgan fingerprint density at radius 1 is 1.53 bits per heavy atom. The third kappa shape index (κ3) is 5.87. The van der Waals surface area contributed by atoms with E-state index in [0.29, 0.717) is 6.54 Å². The minimum Gasteiger partial charge on any atom is -0.480 e. The van der Waals surface area contributed by atoms with Gasteiger partial charge in [-0.15, -0.1) is 6.58 Å². The molecule has 0 heterocycles. The van der Waals surface area contributed by atoms with Gasteiger partial charge in [0.2, 0.25) is 0 Å². The number of rotatable bonds is 6. The Hall–Kier alpha value is -2.29. The fourth-order valence-electron chi connectivity index (χ4n) is 0.644. The van der Waals surface area contributed by atoms with Crippen molar-refractivity contribution in [3.05, 3.63) is 24.4 Å². The summed E-state index contributed by atoms with van der Waals surface area (Å²) in [5.41, 5.74) is -0.182. The van der Waals surface area contributed by atoms with Crippen LogP contribution in [0, 0.1) is 11.3 Å². The van der Waals surface area contributed by atoms with Gasteiger partial charge in [0.25, 0.3) is 5.91 Å². The molecule has 1 amide bonds. The van der Waals surface area contributed by atoms with E-state index in [1.165, 1.54) is 6.20 Å². The van der Waals surface area contributed by atoms with Gasteiger partial charge in [-0.3, -0.25) is 9.59 Å². The van der Waals surface area contributed by atoms with Gasteiger partial charge < -0.3 is 15.7 Å². The molecule has 3 N–H and O–H groups in total. The monoisotopic (exact) mass is 209 g/mol. The number of carboxylic acids is 1. The predicted octanol–water partition coefficient (Wildman–Crippen LogP) is -0.630. The lowest BCUT2D eigenvalue weighted by molar-refractivity contribution is -0.137. The van der Waals surface area contributed by atoms with Gasteiger partial charge in [0.15, 0.2) is 0 Å². The van der Waals surface area contributed by atoms with Crippen LogP contribution < -0.4 is 10.6 Å². The topological polar surface area (TPSA) is 102 Å². The average Bonchev–Trinajstić information content (AvgIpc) is 2.21. The number of nitriles is 1. The van der Waals surface area contributed by atoms with Crippen molar-refractivity contribution < 1.29 is 14.7 Å². The molecule has 0 aromatic rings. The Morgan fingerprint density at radius 2 is 2.20 bits per heavy atom. The van der Waals surface area contributed by atoms with Crippen molar-refractivity contribution in [3.63, 3.8) is 0 Å². The number of hydrogen-bond donors (Lipinski definition) is 3. The first-order chi connectivity index (χ1) is 7.11. The Labute approximate surface area is 86.9 Å². The molecule has 0 aliphatic rings. The lowest BCUT2D eigenvalue weighted by Crippen LogP contribution is -2.30. The number of carbonyl (C=O) groups excluding carboxylic acids is 1. The number of carboxylic acid groups (broad SMARTS) is 1. The molecule has 0 rings (SSSR count). The summed E-state index contributed by atoms with van der Waals surface area (Å²) in [6, 6.07) is 1.64. The summed E-state index contributed by atoms with van der Waals surface area (Å²) >= 11 is 0. The molecule has 0 aromatic carbocycles. The molecule has 0 fully saturated rings. The van der Waals surface area contributed by atoms with Gasteiger partial charge in [0.05, 0.1) is 0 Å². The van der Waals surface area contributed by atoms with E-state index in [0.717, 1.165) is 0 Å². The quantitative estimate of drug-likeness (QED) is 0.234. The normalized spacial score (nSPS) is 9.93. The first-order valence-corrected chi connectivity index (χ1v) is 4.06. The van der Waals surface area contributed by atoms with Crippen LogP contribution in [0.25, 0.3) is 0 Å². The maximum Gasteiger partial charge on any atom is 0.322 e. The SMILES string of the molecule is C=CCN/C=C(/C#N)C(=O)NCC(=O)O. The number of nitrogens with zero attached hydrogens (tertiary/aromatic N) is 1. The third-order valence-electron chi connectivity index (χ3n) is 1.27. The van der Waals surface area contributed by atoms with E-state index in [1.54, 1.807) is 12.1 Å². The second kappa shape index (κ2) is 7.15. The van der Waals surface area contributed by atoms with Gasteiger partial charge in [-0.1, -0.05) is 6.08 Å². The van der Waals surface area contributed by atoms with Crippen molar-refractivity contribution in [3.8, 4) is 6.07 Å². The number of nitrogens with one attached hydrogen (secondary N) is 2. The zero-order valence-electron chi connectivity index (χ0n) is 7.99. The van der Waals surface area contributed by atoms with Crippen LogP contribution in [0.3, 0.4) is 0 Å². The molecule has 15 heavy (non-hydrogen) atoms. The summed E-state index contributed by atoms with van der Waals surface area (Å²) in [6.45, 7) is 3.33. The van der Waals surface area contributed by atoms with E-state index in [1.807, 2.05) is 0 Å². The van der Waals surface area contributed by atoms with E-state index >= 15 is 0 Å². The van der Waals surface area contributed by atoms with E-state index in [9.17, 15) is 9.59 Å². The molecular formula is C9H11N3O3. The van der Waals surface area contributed by atoms with Gasteiger partial charge in [0.1, 0.15) is 18.2 Å². The second-order valence-corrected chi connectivity index (χ2v) is 2.44. The molecular weight excluding hydrogens is 198 g/mol. The van der Waals surface area contributed by atoms with E-state index in [-0.39, 0.29) is 5.57 Å². The molecule has 80 valence electrons. The highest BCUT2D eigenvalue weighted by Gasteiger charge is 2.09. The van der Waals surface area contributed by atoms with Crippen LogP contribution in [0.2, 0.25) is 0 Å². The highest BCUT2D eigenvalue weighted by atomic mass is 16.4. The van der Waals surface area contributed by atoms with Crippen molar-refractivity contribution in [2.75, 3.05) is 13.1 Å². The largest absolute Gasteiger partial charge is 0.480 e. The van der Waals surface area contributed by atoms with Crippen LogP contribution in [-0.4, -0.2) is 30.1 Å². The van der Waals surface area contributed by atoms with Crippen LogP contribution in [-0.2, 0) is 9.59 Å². The molecule has 0 saturated carbocycles. The Balaban J connectivity index is 4.22. The zero-order chi connectivity index (χ0) is 11.7. The van der Waals surface area contributed by atoms with E-state index < -0.39 is 18.4 Å². The van der Waals surface area contributed by atoms with Gasteiger partial charge >= 0.3 is 5.97 Å². The molecule has 0 atom stereocenters. The molecule has 0 unspecified atom stereocenters. The predicted molar refractivity (Wildman–Crippen MR) is 52.5 cm³/mol. The molecule has 6 heteroatoms. The third-order valence-corrected chi connectivity index (χ3v) is 1.27. The smallest absolute Gasteiger partial charge is 0.322 e. The lowest BCUT2D eigenvalue weighted by Gasteiger charge is -2.00. The Morgan fingerprint density at radius 3 is 2.67 bits per heavy atom. The van der Waals surface area contributed by atoms with Crippen LogP contribution in [0.5, 0.6) is 0 Å². The summed E-state index contributed by atoms with van der Waals surface area (Å²) in [6.07, 6.45) is 2.76. The standard InChI is InChI=1S/C9H11N3O3/c1-2-3-11-5-7(4-10)9(15)12-6-8(13)14/h2,5,11H,1,3,6H2,(H,12,15)(H,13,14)/b7-5-. The fraction of sp³-hybridized carbons (Fsp3) is 0.222. The van der Waals surface area contributed by atoms with Crippen LogP contribution in [0.4, 0.5) is 0 Å². The van der Waals surface area contributed by atoms with Crippen molar-refractivity contribution >= 4 is 11.9 Å².